The van der Waals surface area contributed by atoms with Gasteiger partial charge in [-0.1, -0.05) is 188 Å². The first kappa shape index (κ1) is 42.5. The number of imidazole rings is 1. The third kappa shape index (κ3) is 7.71. The summed E-state index contributed by atoms with van der Waals surface area (Å²) in [4.78, 5) is 5.13. The van der Waals surface area contributed by atoms with Crippen molar-refractivity contribution >= 4 is 32.8 Å². The molecule has 3 aromatic heterocycles. The van der Waals surface area contributed by atoms with Gasteiger partial charge in [0, 0.05) is 49.8 Å². The zero-order valence-electron chi connectivity index (χ0n) is 37.1. The fourth-order valence-electron chi connectivity index (χ4n) is 9.44. The Bertz CT molecular complexity index is 3690. The summed E-state index contributed by atoms with van der Waals surface area (Å²) in [5.74, 6) is 1.97. The first-order valence-corrected chi connectivity index (χ1v) is 22.7. The summed E-state index contributed by atoms with van der Waals surface area (Å²) in [7, 11) is 0. The Morgan fingerprint density at radius 1 is 0.500 bits per heavy atom. The summed E-state index contributed by atoms with van der Waals surface area (Å²) >= 11 is 0. The SMILES string of the molecule is CCc1cc(-n2c3[c-]c(Oc4[c-]c(-n5[c-][n+](-c6c(-c7ccccc7)cccc6-c6ccccc6)c6ccccc65)ccc4)ccc3c3cc(-c4ccccc4)ccc32)ncc1-c1ccccc1.[Pt]. The number of benzene rings is 9. The summed E-state index contributed by atoms with van der Waals surface area (Å²) in [6, 6.07) is 83.4. The van der Waals surface area contributed by atoms with Gasteiger partial charge in [-0.3, -0.25) is 4.57 Å². The smallest absolute Gasteiger partial charge is 0.268 e. The second-order valence-corrected chi connectivity index (χ2v) is 16.6. The fourth-order valence-corrected chi connectivity index (χ4v) is 9.44. The second kappa shape index (κ2) is 18.3. The van der Waals surface area contributed by atoms with Crippen molar-refractivity contribution in [2.45, 2.75) is 13.3 Å². The van der Waals surface area contributed by atoms with E-state index in [4.69, 9.17) is 9.72 Å². The first-order chi connectivity index (χ1) is 33.2. The van der Waals surface area contributed by atoms with Gasteiger partial charge in [0.2, 0.25) is 0 Å². The molecule has 0 radical (unpaired) electrons. The topological polar surface area (TPSA) is 35.9 Å². The number of ether oxygens (including phenoxy) is 1. The maximum Gasteiger partial charge on any atom is 0.268 e. The number of fused-ring (bicyclic) bond motifs is 4. The van der Waals surface area contributed by atoms with Crippen LogP contribution in [0.25, 0.3) is 94.5 Å². The summed E-state index contributed by atoms with van der Waals surface area (Å²) in [6.07, 6.45) is 6.64. The Balaban J connectivity index is 0.00000507. The predicted octanol–water partition coefficient (Wildman–Crippen LogP) is 14.8. The van der Waals surface area contributed by atoms with Crippen LogP contribution in [0.5, 0.6) is 11.5 Å². The van der Waals surface area contributed by atoms with Crippen molar-refractivity contribution in [1.82, 2.24) is 14.1 Å². The van der Waals surface area contributed by atoms with E-state index in [9.17, 15) is 0 Å². The molecule has 9 aromatic carbocycles. The van der Waals surface area contributed by atoms with Crippen LogP contribution in [0.4, 0.5) is 0 Å². The van der Waals surface area contributed by atoms with Crippen molar-refractivity contribution in [3.8, 4) is 73.2 Å². The normalized spacial score (nSPS) is 11.2. The molecule has 0 saturated heterocycles. The molecular weight excluding hydrogens is 1010 g/mol. The molecule has 0 bridgehead atoms. The van der Waals surface area contributed by atoms with E-state index in [0.29, 0.717) is 11.5 Å². The van der Waals surface area contributed by atoms with Gasteiger partial charge >= 0.3 is 0 Å². The molecule has 0 aliphatic heterocycles. The number of hydrogen-bond donors (Lipinski definition) is 0. The minimum Gasteiger partial charge on any atom is -0.510 e. The van der Waals surface area contributed by atoms with E-state index in [1.807, 2.05) is 36.5 Å². The average Bonchev–Trinajstić information content (AvgIpc) is 3.95. The molecule has 68 heavy (non-hydrogen) atoms. The van der Waals surface area contributed by atoms with Gasteiger partial charge in [0.25, 0.3) is 6.33 Å². The summed E-state index contributed by atoms with van der Waals surface area (Å²) in [6.45, 7) is 2.20. The van der Waals surface area contributed by atoms with Gasteiger partial charge in [0.1, 0.15) is 5.82 Å². The number of nitrogens with zero attached hydrogens (tertiary/aromatic N) is 4. The molecule has 5 nitrogen and oxygen atoms in total. The van der Waals surface area contributed by atoms with Gasteiger partial charge in [-0.2, -0.15) is 18.2 Å². The summed E-state index contributed by atoms with van der Waals surface area (Å²) in [5.41, 5.74) is 16.1. The Morgan fingerprint density at radius 3 is 1.78 bits per heavy atom. The maximum absolute atomic E-state index is 6.73. The fraction of sp³-hybridized carbons (Fsp3) is 0.0323. The molecule has 6 heteroatoms. The van der Waals surface area contributed by atoms with E-state index < -0.39 is 0 Å². The molecule has 328 valence electrons. The van der Waals surface area contributed by atoms with Gasteiger partial charge < -0.3 is 13.9 Å². The van der Waals surface area contributed by atoms with Crippen molar-refractivity contribution in [2.75, 3.05) is 0 Å². The molecule has 0 N–H and O–H groups in total. The molecule has 0 fully saturated rings. The molecule has 0 atom stereocenters. The second-order valence-electron chi connectivity index (χ2n) is 16.6. The van der Waals surface area contributed by atoms with Gasteiger partial charge in [-0.05, 0) is 74.1 Å². The van der Waals surface area contributed by atoms with E-state index in [1.54, 1.807) is 0 Å². The minimum absolute atomic E-state index is 0. The predicted molar refractivity (Wildman–Crippen MR) is 271 cm³/mol. The Hall–Kier alpha value is -8.11. The van der Waals surface area contributed by atoms with Crippen molar-refractivity contribution < 1.29 is 30.4 Å². The van der Waals surface area contributed by atoms with E-state index in [0.717, 1.165) is 95.4 Å². The van der Waals surface area contributed by atoms with Crippen molar-refractivity contribution in [3.05, 3.63) is 249 Å². The molecule has 12 rings (SSSR count). The number of aryl methyl sites for hydroxylation is 1. The molecule has 0 amide bonds. The van der Waals surface area contributed by atoms with Crippen LogP contribution < -0.4 is 9.30 Å². The Labute approximate surface area is 410 Å². The molecular formula is C62H42N4OPt-2. The zero-order valence-corrected chi connectivity index (χ0v) is 39.4. The largest absolute Gasteiger partial charge is 0.510 e. The summed E-state index contributed by atoms with van der Waals surface area (Å²) < 4.78 is 13.2. The van der Waals surface area contributed by atoms with E-state index in [2.05, 4.69) is 227 Å². The van der Waals surface area contributed by atoms with Crippen molar-refractivity contribution in [3.63, 3.8) is 0 Å². The van der Waals surface area contributed by atoms with Gasteiger partial charge in [0.05, 0.1) is 16.7 Å². The molecule has 0 spiro atoms. The number of aromatic nitrogens is 4. The van der Waals surface area contributed by atoms with Crippen LogP contribution in [0, 0.1) is 18.5 Å². The number of hydrogen-bond acceptors (Lipinski definition) is 2. The van der Waals surface area contributed by atoms with E-state index in [-0.39, 0.29) is 21.1 Å². The number of rotatable bonds is 10. The van der Waals surface area contributed by atoms with Crippen LogP contribution in [-0.4, -0.2) is 14.1 Å². The van der Waals surface area contributed by atoms with E-state index in [1.165, 1.54) is 11.1 Å². The minimum atomic E-state index is 0. The van der Waals surface area contributed by atoms with Crippen LogP contribution in [0.3, 0.4) is 0 Å². The van der Waals surface area contributed by atoms with Gasteiger partial charge in [-0.15, -0.1) is 29.7 Å². The molecule has 12 aromatic rings. The van der Waals surface area contributed by atoms with Crippen LogP contribution in [0.2, 0.25) is 0 Å². The zero-order chi connectivity index (χ0) is 44.7. The molecule has 0 unspecified atom stereocenters. The molecule has 0 aliphatic carbocycles. The van der Waals surface area contributed by atoms with Crippen molar-refractivity contribution in [2.24, 2.45) is 0 Å². The number of para-hydroxylation sites is 3. The molecule has 3 heterocycles. The maximum atomic E-state index is 6.73. The average molecular weight is 1050 g/mol. The number of pyridine rings is 1. The molecule has 0 aliphatic rings. The standard InChI is InChI=1S/C62H42N4O.Pt/c1-2-43-38-61(63-41-56(43)47-25-13-6-14-26-47)66-57-36-33-48(44-19-7-3-8-20-44)37-55(57)54-35-34-51(40-60(54)66)67-50-28-17-27-49(39-50)64-42-65(59-32-16-15-31-58(59)64)62-52(45-21-9-4-10-22-45)29-18-30-53(62)46-23-11-5-12-24-46;/h3-38,41H,2H2,1H3;/q-2;. The molecule has 0 saturated carbocycles. The third-order valence-electron chi connectivity index (χ3n) is 12.6. The van der Waals surface area contributed by atoms with E-state index >= 15 is 0 Å². The first-order valence-electron chi connectivity index (χ1n) is 22.7. The monoisotopic (exact) mass is 1050 g/mol. The van der Waals surface area contributed by atoms with Crippen LogP contribution in [0.15, 0.2) is 225 Å². The van der Waals surface area contributed by atoms with Gasteiger partial charge in [0.15, 0.2) is 0 Å². The summed E-state index contributed by atoms with van der Waals surface area (Å²) in [5, 5.41) is 2.18. The third-order valence-corrected chi connectivity index (χ3v) is 12.6. The van der Waals surface area contributed by atoms with Crippen LogP contribution in [-0.2, 0) is 27.5 Å². The Kier molecular flexibility index (Phi) is 11.4. The van der Waals surface area contributed by atoms with Crippen LogP contribution in [0.1, 0.15) is 12.5 Å². The quantitative estimate of drug-likeness (QED) is 0.101. The van der Waals surface area contributed by atoms with Gasteiger partial charge in [-0.25, -0.2) is 4.98 Å². The van der Waals surface area contributed by atoms with Crippen molar-refractivity contribution in [1.29, 1.82) is 0 Å². The Morgan fingerprint density at radius 2 is 1.10 bits per heavy atom. The van der Waals surface area contributed by atoms with Crippen LogP contribution >= 0.6 is 0 Å².